The number of carbonyl (C=O) groups excluding carboxylic acids is 1. The zero-order chi connectivity index (χ0) is 24.6. The van der Waals surface area contributed by atoms with Crippen molar-refractivity contribution in [1.29, 1.82) is 0 Å². The van der Waals surface area contributed by atoms with Crippen molar-refractivity contribution in [3.8, 4) is 0 Å². The van der Waals surface area contributed by atoms with Crippen LogP contribution < -0.4 is 16.0 Å². The minimum atomic E-state index is -0.388. The van der Waals surface area contributed by atoms with Crippen LogP contribution in [0.3, 0.4) is 0 Å². The van der Waals surface area contributed by atoms with Crippen LogP contribution in [0, 0.1) is 5.82 Å². The van der Waals surface area contributed by atoms with E-state index in [1.54, 1.807) is 42.9 Å². The largest absolute Gasteiger partial charge is 0.355 e. The molecule has 0 aliphatic rings. The summed E-state index contributed by atoms with van der Waals surface area (Å²) in [6.45, 7) is 5.37. The van der Waals surface area contributed by atoms with E-state index in [0.717, 1.165) is 11.4 Å². The average molecular weight is 467 g/mol. The third-order valence-corrected chi connectivity index (χ3v) is 5.08. The van der Waals surface area contributed by atoms with E-state index in [4.69, 9.17) is 0 Å². The average Bonchev–Trinajstić information content (AvgIpc) is 2.88. The molecule has 0 aliphatic carbocycles. The van der Waals surface area contributed by atoms with E-state index in [1.165, 1.54) is 18.3 Å². The molecule has 0 saturated heterocycles. The number of allylic oxidation sites excluding steroid dienone is 1. The second kappa shape index (κ2) is 10.8. The molecule has 0 fully saturated rings. The molecule has 0 atom stereocenters. The number of pyridine rings is 2. The zero-order valence-corrected chi connectivity index (χ0v) is 19.0. The van der Waals surface area contributed by atoms with E-state index >= 15 is 0 Å². The van der Waals surface area contributed by atoms with Gasteiger partial charge in [0.25, 0.3) is 5.91 Å². The lowest BCUT2D eigenvalue weighted by molar-refractivity contribution is 0.102. The summed E-state index contributed by atoms with van der Waals surface area (Å²) in [5.74, 6) is -0.705. The molecule has 2 aromatic carbocycles. The predicted octanol–water partition coefficient (Wildman–Crippen LogP) is 6.42. The first kappa shape index (κ1) is 23.3. The highest BCUT2D eigenvalue weighted by molar-refractivity contribution is 6.05. The fourth-order valence-corrected chi connectivity index (χ4v) is 3.42. The standard InChI is InChI=1S/C27H23FN6O/c1-3-25(24-14-19(28)7-8-26(24)29-2)33-23-13-18(16-31-17-23)27(35)34-22-6-4-5-21(15-22)32-20-9-11-30-12-10-20/h3-17,33H,2H2,1H3,(H,30,32)(H,34,35)/b25-3+. The number of hydrogen-bond donors (Lipinski definition) is 3. The molecule has 1 amide bonds. The Hall–Kier alpha value is -4.85. The van der Waals surface area contributed by atoms with Crippen molar-refractivity contribution in [3.63, 3.8) is 0 Å². The highest BCUT2D eigenvalue weighted by atomic mass is 19.1. The lowest BCUT2D eigenvalue weighted by Gasteiger charge is -2.14. The van der Waals surface area contributed by atoms with Gasteiger partial charge in [0.1, 0.15) is 5.82 Å². The lowest BCUT2D eigenvalue weighted by Crippen LogP contribution is -2.13. The Balaban J connectivity index is 1.49. The number of amides is 1. The van der Waals surface area contributed by atoms with Crippen molar-refractivity contribution in [2.75, 3.05) is 16.0 Å². The van der Waals surface area contributed by atoms with E-state index in [9.17, 15) is 9.18 Å². The van der Waals surface area contributed by atoms with Crippen LogP contribution in [0.1, 0.15) is 22.8 Å². The summed E-state index contributed by atoms with van der Waals surface area (Å²) in [4.78, 5) is 25.1. The maximum Gasteiger partial charge on any atom is 0.257 e. The van der Waals surface area contributed by atoms with Gasteiger partial charge in [-0.1, -0.05) is 12.1 Å². The number of nitrogens with one attached hydrogen (secondary N) is 3. The lowest BCUT2D eigenvalue weighted by atomic mass is 10.1. The SMILES string of the molecule is C=Nc1ccc(F)cc1/C(=C\C)Nc1cncc(C(=O)Nc2cccc(Nc3ccncc3)c2)c1. The summed E-state index contributed by atoms with van der Waals surface area (Å²) < 4.78 is 13.9. The summed E-state index contributed by atoms with van der Waals surface area (Å²) >= 11 is 0. The molecular weight excluding hydrogens is 443 g/mol. The van der Waals surface area contributed by atoms with Gasteiger partial charge in [0.2, 0.25) is 0 Å². The molecule has 0 radical (unpaired) electrons. The first-order valence-electron chi connectivity index (χ1n) is 10.8. The molecule has 7 nitrogen and oxygen atoms in total. The van der Waals surface area contributed by atoms with Gasteiger partial charge in [0, 0.05) is 46.9 Å². The van der Waals surface area contributed by atoms with Crippen LogP contribution in [-0.4, -0.2) is 22.6 Å². The van der Waals surface area contributed by atoms with Crippen LogP contribution in [0.4, 0.5) is 32.8 Å². The summed E-state index contributed by atoms with van der Waals surface area (Å²) in [6.07, 6.45) is 8.25. The van der Waals surface area contributed by atoms with Crippen LogP contribution >= 0.6 is 0 Å². The fourth-order valence-electron chi connectivity index (χ4n) is 3.42. The maximum absolute atomic E-state index is 13.9. The molecule has 3 N–H and O–H groups in total. The predicted molar refractivity (Wildman–Crippen MR) is 139 cm³/mol. The smallest absolute Gasteiger partial charge is 0.257 e. The van der Waals surface area contributed by atoms with E-state index < -0.39 is 0 Å². The van der Waals surface area contributed by atoms with Crippen LogP contribution in [0.2, 0.25) is 0 Å². The number of benzene rings is 2. The number of aliphatic imine (C=N–C) groups is 1. The maximum atomic E-state index is 13.9. The van der Waals surface area contributed by atoms with Gasteiger partial charge < -0.3 is 16.0 Å². The monoisotopic (exact) mass is 466 g/mol. The quantitative estimate of drug-likeness (QED) is 0.261. The molecule has 4 aromatic rings. The molecule has 0 aliphatic heterocycles. The van der Waals surface area contributed by atoms with E-state index in [1.807, 2.05) is 37.3 Å². The molecule has 0 unspecified atom stereocenters. The third kappa shape index (κ3) is 5.94. The minimum Gasteiger partial charge on any atom is -0.355 e. The van der Waals surface area contributed by atoms with Crippen LogP contribution in [-0.2, 0) is 0 Å². The molecule has 0 bridgehead atoms. The Morgan fingerprint density at radius 3 is 2.49 bits per heavy atom. The Morgan fingerprint density at radius 2 is 1.71 bits per heavy atom. The number of rotatable bonds is 8. The summed E-state index contributed by atoms with van der Waals surface area (Å²) in [7, 11) is 0. The van der Waals surface area contributed by atoms with Gasteiger partial charge in [0.05, 0.1) is 23.1 Å². The topological polar surface area (TPSA) is 91.3 Å². The van der Waals surface area contributed by atoms with Crippen molar-refractivity contribution in [2.24, 2.45) is 4.99 Å². The molecule has 35 heavy (non-hydrogen) atoms. The first-order chi connectivity index (χ1) is 17.1. The van der Waals surface area contributed by atoms with Crippen molar-refractivity contribution in [3.05, 3.63) is 108 Å². The molecule has 2 aromatic heterocycles. The number of halogens is 1. The van der Waals surface area contributed by atoms with Gasteiger partial charge in [-0.3, -0.25) is 19.8 Å². The Bertz CT molecular complexity index is 1390. The van der Waals surface area contributed by atoms with E-state index in [-0.39, 0.29) is 11.7 Å². The number of anilines is 4. The second-order valence-corrected chi connectivity index (χ2v) is 7.51. The van der Waals surface area contributed by atoms with Crippen molar-refractivity contribution in [1.82, 2.24) is 9.97 Å². The van der Waals surface area contributed by atoms with Gasteiger partial charge in [-0.2, -0.15) is 0 Å². The van der Waals surface area contributed by atoms with Crippen molar-refractivity contribution >= 4 is 46.8 Å². The van der Waals surface area contributed by atoms with Crippen LogP contribution in [0.15, 0.2) is 96.5 Å². The van der Waals surface area contributed by atoms with E-state index in [0.29, 0.717) is 33.9 Å². The van der Waals surface area contributed by atoms with Gasteiger partial charge in [0.15, 0.2) is 0 Å². The summed E-state index contributed by atoms with van der Waals surface area (Å²) in [5, 5.41) is 9.35. The zero-order valence-electron chi connectivity index (χ0n) is 19.0. The molecule has 0 saturated carbocycles. The number of carbonyl (C=O) groups is 1. The molecule has 8 heteroatoms. The normalized spacial score (nSPS) is 11.0. The van der Waals surface area contributed by atoms with Gasteiger partial charge >= 0.3 is 0 Å². The van der Waals surface area contributed by atoms with Crippen molar-refractivity contribution in [2.45, 2.75) is 6.92 Å². The molecule has 0 spiro atoms. The Morgan fingerprint density at radius 1 is 0.914 bits per heavy atom. The van der Waals surface area contributed by atoms with Crippen LogP contribution in [0.5, 0.6) is 0 Å². The second-order valence-electron chi connectivity index (χ2n) is 7.51. The van der Waals surface area contributed by atoms with E-state index in [2.05, 4.69) is 37.6 Å². The van der Waals surface area contributed by atoms with Gasteiger partial charge in [-0.25, -0.2) is 4.39 Å². The van der Waals surface area contributed by atoms with Gasteiger partial charge in [-0.15, -0.1) is 0 Å². The first-order valence-corrected chi connectivity index (χ1v) is 10.8. The number of nitrogens with zero attached hydrogens (tertiary/aromatic N) is 3. The molecule has 2 heterocycles. The Kier molecular flexibility index (Phi) is 7.22. The molecular formula is C27H23FN6O. The van der Waals surface area contributed by atoms with Crippen molar-refractivity contribution < 1.29 is 9.18 Å². The fraction of sp³-hybridized carbons (Fsp3) is 0.0370. The third-order valence-electron chi connectivity index (χ3n) is 5.08. The Labute approximate surface area is 202 Å². The summed E-state index contributed by atoms with van der Waals surface area (Å²) in [6, 6.07) is 17.0. The summed E-state index contributed by atoms with van der Waals surface area (Å²) in [5.41, 5.74) is 4.97. The van der Waals surface area contributed by atoms with Gasteiger partial charge in [-0.05, 0) is 68.2 Å². The number of hydrogen-bond acceptors (Lipinski definition) is 6. The van der Waals surface area contributed by atoms with Crippen LogP contribution in [0.25, 0.3) is 5.70 Å². The number of aromatic nitrogens is 2. The highest BCUT2D eigenvalue weighted by Gasteiger charge is 2.12. The minimum absolute atomic E-state index is 0.316. The highest BCUT2D eigenvalue weighted by Crippen LogP contribution is 2.28. The molecule has 174 valence electrons. The molecule has 4 rings (SSSR count).